The highest BCUT2D eigenvalue weighted by Gasteiger charge is 2.18. The fourth-order valence-corrected chi connectivity index (χ4v) is 2.27. The van der Waals surface area contributed by atoms with Crippen LogP contribution in [0, 0.1) is 10.1 Å². The summed E-state index contributed by atoms with van der Waals surface area (Å²) in [5.41, 5.74) is 0.381. The largest absolute Gasteiger partial charge is 0.449 e. The summed E-state index contributed by atoms with van der Waals surface area (Å²) < 4.78 is 4.99. The SMILES string of the molecule is CC(OC(=O)/C=C/c1ccc(Cl)c([N+](=O)[O-])c1)C(=O)Nc1cccnc1Cl. The van der Waals surface area contributed by atoms with Crippen molar-refractivity contribution in [3.05, 3.63) is 68.5 Å². The van der Waals surface area contributed by atoms with Crippen molar-refractivity contribution in [1.82, 2.24) is 4.98 Å². The molecule has 2 rings (SSSR count). The molecule has 8 nitrogen and oxygen atoms in total. The van der Waals surface area contributed by atoms with Gasteiger partial charge in [-0.2, -0.15) is 0 Å². The Labute approximate surface area is 163 Å². The third-order valence-electron chi connectivity index (χ3n) is 3.26. The van der Waals surface area contributed by atoms with Gasteiger partial charge >= 0.3 is 5.97 Å². The third kappa shape index (κ3) is 5.77. The van der Waals surface area contributed by atoms with E-state index in [1.807, 2.05) is 0 Å². The summed E-state index contributed by atoms with van der Waals surface area (Å²) in [4.78, 5) is 37.9. The number of pyridine rings is 1. The summed E-state index contributed by atoms with van der Waals surface area (Å²) in [5, 5.41) is 13.4. The fourth-order valence-electron chi connectivity index (χ4n) is 1.92. The van der Waals surface area contributed by atoms with E-state index in [1.54, 1.807) is 12.1 Å². The number of nitro groups is 1. The van der Waals surface area contributed by atoms with Gasteiger partial charge in [0.1, 0.15) is 5.02 Å². The molecular weight excluding hydrogens is 397 g/mol. The summed E-state index contributed by atoms with van der Waals surface area (Å²) in [6, 6.07) is 7.20. The zero-order valence-electron chi connectivity index (χ0n) is 13.9. The van der Waals surface area contributed by atoms with Gasteiger partial charge in [-0.05, 0) is 36.8 Å². The molecule has 27 heavy (non-hydrogen) atoms. The number of nitrogens with one attached hydrogen (secondary N) is 1. The Kier molecular flexibility index (Phi) is 6.86. The van der Waals surface area contributed by atoms with Gasteiger partial charge in [-0.1, -0.05) is 29.3 Å². The van der Waals surface area contributed by atoms with Gasteiger partial charge in [0.05, 0.1) is 10.6 Å². The third-order valence-corrected chi connectivity index (χ3v) is 3.88. The van der Waals surface area contributed by atoms with E-state index in [4.69, 9.17) is 27.9 Å². The predicted octanol–water partition coefficient (Wildman–Crippen LogP) is 3.88. The number of carbonyl (C=O) groups excluding carboxylic acids is 2. The number of aromatic nitrogens is 1. The first-order valence-electron chi connectivity index (χ1n) is 7.52. The van der Waals surface area contributed by atoms with Crippen LogP contribution in [0.3, 0.4) is 0 Å². The number of rotatable bonds is 6. The first-order chi connectivity index (χ1) is 12.8. The van der Waals surface area contributed by atoms with Crippen molar-refractivity contribution >= 4 is 52.5 Å². The maximum absolute atomic E-state index is 12.0. The number of halogens is 2. The fraction of sp³-hybridized carbons (Fsp3) is 0.118. The van der Waals surface area contributed by atoms with E-state index in [2.05, 4.69) is 10.3 Å². The van der Waals surface area contributed by atoms with Crippen LogP contribution in [0.5, 0.6) is 0 Å². The van der Waals surface area contributed by atoms with E-state index < -0.39 is 22.9 Å². The monoisotopic (exact) mass is 409 g/mol. The minimum atomic E-state index is -1.10. The molecule has 2 aromatic rings. The number of amides is 1. The van der Waals surface area contributed by atoms with Gasteiger partial charge in [0.25, 0.3) is 11.6 Å². The number of ether oxygens (including phenoxy) is 1. The molecule has 1 aromatic carbocycles. The standard InChI is InChI=1S/C17H13Cl2N3O5/c1-10(17(24)21-13-3-2-8-20-16(13)19)27-15(23)7-5-11-4-6-12(18)14(9-11)22(25)26/h2-10H,1H3,(H,21,24)/b7-5+. The first-order valence-corrected chi connectivity index (χ1v) is 8.27. The van der Waals surface area contributed by atoms with E-state index >= 15 is 0 Å². The van der Waals surface area contributed by atoms with Crippen LogP contribution in [0.2, 0.25) is 10.2 Å². The van der Waals surface area contributed by atoms with E-state index in [1.165, 1.54) is 37.4 Å². The number of nitro benzene ring substituents is 1. The van der Waals surface area contributed by atoms with Crippen molar-refractivity contribution in [3.8, 4) is 0 Å². The number of benzene rings is 1. The second kappa shape index (κ2) is 9.11. The Morgan fingerprint density at radius 2 is 2.07 bits per heavy atom. The molecule has 1 atom stereocenters. The van der Waals surface area contributed by atoms with Crippen molar-refractivity contribution in [2.24, 2.45) is 0 Å². The quantitative estimate of drug-likeness (QED) is 0.254. The van der Waals surface area contributed by atoms with Crippen molar-refractivity contribution in [2.75, 3.05) is 5.32 Å². The van der Waals surface area contributed by atoms with Crippen molar-refractivity contribution in [3.63, 3.8) is 0 Å². The Bertz CT molecular complexity index is 917. The zero-order chi connectivity index (χ0) is 20.0. The van der Waals surface area contributed by atoms with Gasteiger partial charge in [0.15, 0.2) is 11.3 Å². The molecule has 140 valence electrons. The normalized spacial score (nSPS) is 11.8. The molecule has 0 radical (unpaired) electrons. The van der Waals surface area contributed by atoms with Crippen LogP contribution in [0.1, 0.15) is 12.5 Å². The Balaban J connectivity index is 1.97. The van der Waals surface area contributed by atoms with E-state index in [9.17, 15) is 19.7 Å². The minimum Gasteiger partial charge on any atom is -0.449 e. The molecule has 0 saturated carbocycles. The molecule has 1 heterocycles. The molecule has 0 aliphatic carbocycles. The lowest BCUT2D eigenvalue weighted by Crippen LogP contribution is -2.29. The zero-order valence-corrected chi connectivity index (χ0v) is 15.4. The highest BCUT2D eigenvalue weighted by molar-refractivity contribution is 6.33. The van der Waals surface area contributed by atoms with E-state index in [0.29, 0.717) is 5.56 Å². The van der Waals surface area contributed by atoms with Crippen molar-refractivity contribution < 1.29 is 19.2 Å². The molecule has 0 bridgehead atoms. The van der Waals surface area contributed by atoms with E-state index in [-0.39, 0.29) is 21.6 Å². The maximum atomic E-state index is 12.0. The molecular formula is C17H13Cl2N3O5. The highest BCUT2D eigenvalue weighted by atomic mass is 35.5. The number of esters is 1. The van der Waals surface area contributed by atoms with Crippen LogP contribution in [-0.4, -0.2) is 27.9 Å². The number of nitrogens with zero attached hydrogens (tertiary/aromatic N) is 2. The summed E-state index contributed by atoms with van der Waals surface area (Å²) in [5.74, 6) is -1.39. The number of hydrogen-bond acceptors (Lipinski definition) is 6. The lowest BCUT2D eigenvalue weighted by atomic mass is 10.2. The van der Waals surface area contributed by atoms with Crippen LogP contribution >= 0.6 is 23.2 Å². The molecule has 1 aromatic heterocycles. The molecule has 1 amide bonds. The van der Waals surface area contributed by atoms with E-state index in [0.717, 1.165) is 6.08 Å². The predicted molar refractivity (Wildman–Crippen MR) is 101 cm³/mol. The highest BCUT2D eigenvalue weighted by Crippen LogP contribution is 2.25. The molecule has 0 fully saturated rings. The summed E-state index contributed by atoms with van der Waals surface area (Å²) in [6.45, 7) is 1.39. The second-order valence-electron chi connectivity index (χ2n) is 5.21. The van der Waals surface area contributed by atoms with Crippen LogP contribution in [0.4, 0.5) is 11.4 Å². The Morgan fingerprint density at radius 3 is 2.74 bits per heavy atom. The maximum Gasteiger partial charge on any atom is 0.331 e. The lowest BCUT2D eigenvalue weighted by molar-refractivity contribution is -0.384. The molecule has 0 aliphatic heterocycles. The molecule has 1 N–H and O–H groups in total. The number of carbonyl (C=O) groups is 2. The number of anilines is 1. The van der Waals surface area contributed by atoms with Crippen LogP contribution < -0.4 is 5.32 Å². The van der Waals surface area contributed by atoms with Gasteiger partial charge in [-0.15, -0.1) is 0 Å². The lowest BCUT2D eigenvalue weighted by Gasteiger charge is -2.12. The summed E-state index contributed by atoms with van der Waals surface area (Å²) in [7, 11) is 0. The summed E-state index contributed by atoms with van der Waals surface area (Å²) >= 11 is 11.6. The van der Waals surface area contributed by atoms with Crippen molar-refractivity contribution in [2.45, 2.75) is 13.0 Å². The van der Waals surface area contributed by atoms with Crippen LogP contribution in [-0.2, 0) is 14.3 Å². The number of hydrogen-bond donors (Lipinski definition) is 1. The Morgan fingerprint density at radius 1 is 1.33 bits per heavy atom. The smallest absolute Gasteiger partial charge is 0.331 e. The van der Waals surface area contributed by atoms with Gasteiger partial charge in [0, 0.05) is 18.3 Å². The second-order valence-corrected chi connectivity index (χ2v) is 5.98. The topological polar surface area (TPSA) is 111 Å². The summed E-state index contributed by atoms with van der Waals surface area (Å²) in [6.07, 6.45) is 2.73. The van der Waals surface area contributed by atoms with Gasteiger partial charge in [0.2, 0.25) is 0 Å². The molecule has 10 heteroatoms. The average Bonchev–Trinajstić information content (AvgIpc) is 2.62. The average molecular weight is 410 g/mol. The molecule has 0 aliphatic rings. The van der Waals surface area contributed by atoms with Gasteiger partial charge < -0.3 is 10.1 Å². The van der Waals surface area contributed by atoms with Crippen molar-refractivity contribution in [1.29, 1.82) is 0 Å². The first kappa shape index (κ1) is 20.3. The Hall–Kier alpha value is -2.97. The minimum absolute atomic E-state index is 0.0147. The van der Waals surface area contributed by atoms with Crippen LogP contribution in [0.15, 0.2) is 42.6 Å². The molecule has 0 spiro atoms. The van der Waals surface area contributed by atoms with Crippen LogP contribution in [0.25, 0.3) is 6.08 Å². The molecule has 1 unspecified atom stereocenters. The molecule has 0 saturated heterocycles. The van der Waals surface area contributed by atoms with Gasteiger partial charge in [-0.25, -0.2) is 9.78 Å². The van der Waals surface area contributed by atoms with Gasteiger partial charge in [-0.3, -0.25) is 14.9 Å².